The van der Waals surface area contributed by atoms with Crippen LogP contribution in [-0.2, 0) is 9.53 Å². The lowest BCUT2D eigenvalue weighted by Gasteiger charge is -2.39. The molecule has 0 aromatic carbocycles. The molecule has 15 heavy (non-hydrogen) atoms. The molecule has 1 saturated heterocycles. The Morgan fingerprint density at radius 2 is 2.13 bits per heavy atom. The van der Waals surface area contributed by atoms with E-state index in [1.54, 1.807) is 0 Å². The summed E-state index contributed by atoms with van der Waals surface area (Å²) in [5, 5.41) is 10.2. The zero-order chi connectivity index (χ0) is 10.4. The second-order valence-electron chi connectivity index (χ2n) is 4.93. The number of fused-ring (bicyclic) bond motifs is 2. The van der Waals surface area contributed by atoms with Gasteiger partial charge >= 0.3 is 5.97 Å². The molecular formula is C12H16O3. The van der Waals surface area contributed by atoms with Crippen molar-refractivity contribution in [3.8, 4) is 0 Å². The fraction of sp³-hybridized carbons (Fsp3) is 0.750. The van der Waals surface area contributed by atoms with E-state index < -0.39 is 0 Å². The highest BCUT2D eigenvalue weighted by molar-refractivity contribution is 5.91. The van der Waals surface area contributed by atoms with Crippen molar-refractivity contribution in [2.75, 3.05) is 6.61 Å². The van der Waals surface area contributed by atoms with Crippen molar-refractivity contribution < 1.29 is 14.6 Å². The van der Waals surface area contributed by atoms with Crippen LogP contribution in [0.2, 0.25) is 0 Å². The van der Waals surface area contributed by atoms with Gasteiger partial charge in [0.15, 0.2) is 0 Å². The molecule has 0 aromatic rings. The average molecular weight is 208 g/mol. The summed E-state index contributed by atoms with van der Waals surface area (Å²) in [6.45, 7) is 0.384. The Balaban J connectivity index is 1.95. The van der Waals surface area contributed by atoms with Crippen molar-refractivity contribution >= 4 is 5.97 Å². The molecule has 0 radical (unpaired) electrons. The lowest BCUT2D eigenvalue weighted by molar-refractivity contribution is -0.135. The van der Waals surface area contributed by atoms with Gasteiger partial charge in [-0.05, 0) is 24.7 Å². The van der Waals surface area contributed by atoms with E-state index in [2.05, 4.69) is 6.08 Å². The molecular weight excluding hydrogens is 192 g/mol. The van der Waals surface area contributed by atoms with E-state index in [9.17, 15) is 9.90 Å². The fourth-order valence-corrected chi connectivity index (χ4v) is 3.31. The molecule has 82 valence electrons. The summed E-state index contributed by atoms with van der Waals surface area (Å²) in [7, 11) is 0. The molecule has 1 heterocycles. The number of esters is 1. The van der Waals surface area contributed by atoms with Gasteiger partial charge < -0.3 is 9.84 Å². The average Bonchev–Trinajstić information content (AvgIpc) is 2.62. The molecule has 3 nitrogen and oxygen atoms in total. The maximum absolute atomic E-state index is 11.4. The Kier molecular flexibility index (Phi) is 2.09. The number of ether oxygens (including phenoxy) is 1. The molecule has 1 N–H and O–H groups in total. The van der Waals surface area contributed by atoms with Crippen LogP contribution in [0.3, 0.4) is 0 Å². The van der Waals surface area contributed by atoms with E-state index in [1.165, 1.54) is 12.8 Å². The fourth-order valence-electron chi connectivity index (χ4n) is 3.31. The molecule has 3 rings (SSSR count). The lowest BCUT2D eigenvalue weighted by atomic mass is 9.67. The number of carbonyl (C=O) groups is 1. The Morgan fingerprint density at radius 3 is 3.00 bits per heavy atom. The van der Waals surface area contributed by atoms with Gasteiger partial charge in [-0.15, -0.1) is 0 Å². The van der Waals surface area contributed by atoms with Crippen molar-refractivity contribution in [2.24, 2.45) is 17.8 Å². The van der Waals surface area contributed by atoms with Gasteiger partial charge in [0.1, 0.15) is 6.61 Å². The van der Waals surface area contributed by atoms with Crippen LogP contribution in [0.1, 0.15) is 25.7 Å². The summed E-state index contributed by atoms with van der Waals surface area (Å²) in [4.78, 5) is 11.4. The molecule has 2 aliphatic carbocycles. The Bertz CT molecular complexity index is 321. The Morgan fingerprint density at radius 1 is 1.33 bits per heavy atom. The predicted octanol–water partition coefficient (Wildman–Crippen LogP) is 1.27. The predicted molar refractivity (Wildman–Crippen MR) is 54.0 cm³/mol. The third kappa shape index (κ3) is 1.33. The molecule has 0 aromatic heterocycles. The van der Waals surface area contributed by atoms with Gasteiger partial charge in [0.2, 0.25) is 0 Å². The highest BCUT2D eigenvalue weighted by Gasteiger charge is 2.45. The Hall–Kier alpha value is -0.830. The van der Waals surface area contributed by atoms with E-state index in [0.29, 0.717) is 18.4 Å². The summed E-state index contributed by atoms with van der Waals surface area (Å²) in [5.41, 5.74) is 0.741. The molecule has 1 aliphatic heterocycles. The SMILES string of the molecule is O=C1OCC2C1=CC1CCCCC1C2O. The van der Waals surface area contributed by atoms with Gasteiger partial charge in [0.25, 0.3) is 0 Å². The summed E-state index contributed by atoms with van der Waals surface area (Å²) in [6.07, 6.45) is 6.37. The second kappa shape index (κ2) is 3.34. The van der Waals surface area contributed by atoms with Crippen LogP contribution in [0.25, 0.3) is 0 Å². The van der Waals surface area contributed by atoms with Crippen LogP contribution in [-0.4, -0.2) is 23.8 Å². The van der Waals surface area contributed by atoms with E-state index in [4.69, 9.17) is 4.74 Å². The molecule has 1 saturated carbocycles. The maximum atomic E-state index is 11.4. The van der Waals surface area contributed by atoms with Crippen LogP contribution >= 0.6 is 0 Å². The number of allylic oxidation sites excluding steroid dienone is 1. The molecule has 0 spiro atoms. The molecule has 0 bridgehead atoms. The van der Waals surface area contributed by atoms with Gasteiger partial charge in [-0.2, -0.15) is 0 Å². The first kappa shape index (κ1) is 9.40. The topological polar surface area (TPSA) is 46.5 Å². The lowest BCUT2D eigenvalue weighted by Crippen LogP contribution is -2.40. The van der Waals surface area contributed by atoms with Crippen LogP contribution in [0.5, 0.6) is 0 Å². The first-order valence-corrected chi connectivity index (χ1v) is 5.84. The monoisotopic (exact) mass is 208 g/mol. The van der Waals surface area contributed by atoms with Crippen molar-refractivity contribution in [2.45, 2.75) is 31.8 Å². The molecule has 4 atom stereocenters. The highest BCUT2D eigenvalue weighted by Crippen LogP contribution is 2.44. The van der Waals surface area contributed by atoms with Crippen molar-refractivity contribution in [3.05, 3.63) is 11.6 Å². The zero-order valence-electron chi connectivity index (χ0n) is 8.69. The smallest absolute Gasteiger partial charge is 0.334 e. The first-order chi connectivity index (χ1) is 7.27. The van der Waals surface area contributed by atoms with E-state index in [1.807, 2.05) is 0 Å². The van der Waals surface area contributed by atoms with Crippen LogP contribution < -0.4 is 0 Å². The first-order valence-electron chi connectivity index (χ1n) is 5.84. The minimum absolute atomic E-state index is 0.0446. The minimum Gasteiger partial charge on any atom is -0.462 e. The maximum Gasteiger partial charge on any atom is 0.334 e. The quantitative estimate of drug-likeness (QED) is 0.610. The number of carbonyl (C=O) groups excluding carboxylic acids is 1. The summed E-state index contributed by atoms with van der Waals surface area (Å²) in [5.74, 6) is 0.521. The number of hydrogen-bond donors (Lipinski definition) is 1. The van der Waals surface area contributed by atoms with Gasteiger partial charge in [-0.1, -0.05) is 18.9 Å². The van der Waals surface area contributed by atoms with Crippen LogP contribution in [0.15, 0.2) is 11.6 Å². The number of aliphatic hydroxyl groups excluding tert-OH is 1. The summed E-state index contributed by atoms with van der Waals surface area (Å²) >= 11 is 0. The van der Waals surface area contributed by atoms with E-state index >= 15 is 0 Å². The summed E-state index contributed by atoms with van der Waals surface area (Å²) < 4.78 is 5.01. The molecule has 2 fully saturated rings. The number of hydrogen-bond acceptors (Lipinski definition) is 3. The molecule has 3 heteroatoms. The molecule has 3 aliphatic rings. The van der Waals surface area contributed by atoms with Crippen molar-refractivity contribution in [3.63, 3.8) is 0 Å². The molecule has 0 amide bonds. The zero-order valence-corrected chi connectivity index (χ0v) is 8.69. The number of aliphatic hydroxyl groups is 1. The van der Waals surface area contributed by atoms with Gasteiger partial charge in [-0.3, -0.25) is 0 Å². The van der Waals surface area contributed by atoms with Gasteiger partial charge in [-0.25, -0.2) is 4.79 Å². The minimum atomic E-state index is -0.359. The highest BCUT2D eigenvalue weighted by atomic mass is 16.5. The van der Waals surface area contributed by atoms with Crippen molar-refractivity contribution in [1.82, 2.24) is 0 Å². The normalized spacial score (nSPS) is 44.1. The Labute approximate surface area is 89.1 Å². The van der Waals surface area contributed by atoms with Crippen LogP contribution in [0, 0.1) is 17.8 Å². The van der Waals surface area contributed by atoms with Crippen LogP contribution in [0.4, 0.5) is 0 Å². The summed E-state index contributed by atoms with van der Waals surface area (Å²) in [6, 6.07) is 0. The standard InChI is InChI=1S/C12H16O3/c13-11-8-4-2-1-3-7(8)5-9-10(11)6-15-12(9)14/h5,7-8,10-11,13H,1-4,6H2. The molecule has 4 unspecified atom stereocenters. The number of cyclic esters (lactones) is 1. The van der Waals surface area contributed by atoms with Crippen molar-refractivity contribution in [1.29, 1.82) is 0 Å². The largest absolute Gasteiger partial charge is 0.462 e. The van der Waals surface area contributed by atoms with E-state index in [0.717, 1.165) is 18.4 Å². The van der Waals surface area contributed by atoms with Gasteiger partial charge in [0, 0.05) is 5.57 Å². The van der Waals surface area contributed by atoms with Gasteiger partial charge in [0.05, 0.1) is 12.0 Å². The second-order valence-corrected chi connectivity index (χ2v) is 4.93. The number of rotatable bonds is 0. The third-order valence-electron chi connectivity index (χ3n) is 4.15. The third-order valence-corrected chi connectivity index (χ3v) is 4.15. The van der Waals surface area contributed by atoms with E-state index in [-0.39, 0.29) is 18.0 Å².